The monoisotopic (exact) mass is 306 g/mol. The summed E-state index contributed by atoms with van der Waals surface area (Å²) < 4.78 is 0. The topological polar surface area (TPSA) is 164 Å². The molecule has 0 unspecified atom stereocenters. The molecule has 10 heteroatoms. The summed E-state index contributed by atoms with van der Waals surface area (Å²) in [6.07, 6.45) is -0.444. The molecule has 120 valence electrons. The molecule has 0 radical (unpaired) electrons. The predicted octanol–water partition coefficient (Wildman–Crippen LogP) is -1.63. The van der Waals surface area contributed by atoms with Gasteiger partial charge < -0.3 is 25.7 Å². The maximum Gasteiger partial charge on any atom is 0.320 e. The third-order valence-corrected chi connectivity index (χ3v) is 2.48. The molecule has 0 aliphatic rings. The van der Waals surface area contributed by atoms with Crippen molar-refractivity contribution in [1.82, 2.24) is 10.2 Å². The summed E-state index contributed by atoms with van der Waals surface area (Å²) in [5, 5.41) is 37.2. The third kappa shape index (κ3) is 10.3. The molecule has 0 rings (SSSR count). The number of carboxylic acids is 4. The lowest BCUT2D eigenvalue weighted by atomic mass is 10.1. The molecule has 0 spiro atoms. The van der Waals surface area contributed by atoms with Gasteiger partial charge in [-0.15, -0.1) is 0 Å². The lowest BCUT2D eigenvalue weighted by Gasteiger charge is -2.20. The van der Waals surface area contributed by atoms with Crippen molar-refractivity contribution in [2.75, 3.05) is 26.2 Å². The highest BCUT2D eigenvalue weighted by Gasteiger charge is 2.19. The summed E-state index contributed by atoms with van der Waals surface area (Å²) in [4.78, 5) is 43.5. The van der Waals surface area contributed by atoms with E-state index in [2.05, 4.69) is 5.32 Å². The van der Waals surface area contributed by atoms with Crippen LogP contribution in [0, 0.1) is 0 Å². The maximum absolute atomic E-state index is 10.9. The first-order chi connectivity index (χ1) is 9.72. The summed E-state index contributed by atoms with van der Waals surface area (Å²) >= 11 is 0. The molecule has 0 saturated heterocycles. The van der Waals surface area contributed by atoms with Gasteiger partial charge in [0.2, 0.25) is 0 Å². The summed E-state index contributed by atoms with van der Waals surface area (Å²) in [6, 6.07) is -1.09. The molecule has 0 bridgehead atoms. The van der Waals surface area contributed by atoms with Crippen LogP contribution in [0.4, 0.5) is 0 Å². The van der Waals surface area contributed by atoms with E-state index in [-0.39, 0.29) is 25.9 Å². The number of nitrogens with zero attached hydrogens (tertiary/aromatic N) is 1. The highest BCUT2D eigenvalue weighted by Crippen LogP contribution is 1.98. The van der Waals surface area contributed by atoms with Gasteiger partial charge in [0.15, 0.2) is 0 Å². The molecule has 0 fully saturated rings. The number of carboxylic acid groups (broad SMARTS) is 4. The second-order valence-corrected chi connectivity index (χ2v) is 4.28. The largest absolute Gasteiger partial charge is 0.481 e. The van der Waals surface area contributed by atoms with E-state index in [0.717, 1.165) is 4.90 Å². The summed E-state index contributed by atoms with van der Waals surface area (Å²) in [7, 11) is 0. The zero-order chi connectivity index (χ0) is 16.4. The van der Waals surface area contributed by atoms with Crippen LogP contribution in [0.5, 0.6) is 0 Å². The van der Waals surface area contributed by atoms with E-state index in [4.69, 9.17) is 20.4 Å². The van der Waals surface area contributed by atoms with Crippen molar-refractivity contribution < 1.29 is 39.6 Å². The van der Waals surface area contributed by atoms with E-state index < -0.39 is 43.0 Å². The van der Waals surface area contributed by atoms with Gasteiger partial charge in [-0.2, -0.15) is 0 Å². The normalized spacial score (nSPS) is 12.0. The fourth-order valence-electron chi connectivity index (χ4n) is 1.57. The predicted molar refractivity (Wildman–Crippen MR) is 68.0 cm³/mol. The van der Waals surface area contributed by atoms with E-state index in [0.29, 0.717) is 0 Å². The van der Waals surface area contributed by atoms with Crippen LogP contribution in [0.2, 0.25) is 0 Å². The Hall–Kier alpha value is -2.20. The van der Waals surface area contributed by atoms with Crippen LogP contribution in [-0.2, 0) is 19.2 Å². The molecule has 5 N–H and O–H groups in total. The van der Waals surface area contributed by atoms with Gasteiger partial charge in [-0.25, -0.2) is 0 Å². The van der Waals surface area contributed by atoms with Crippen molar-refractivity contribution in [3.63, 3.8) is 0 Å². The highest BCUT2D eigenvalue weighted by atomic mass is 16.4. The molecule has 0 aromatic heterocycles. The van der Waals surface area contributed by atoms with Crippen LogP contribution in [0.25, 0.3) is 0 Å². The molecule has 0 heterocycles. The van der Waals surface area contributed by atoms with Crippen molar-refractivity contribution in [2.45, 2.75) is 18.9 Å². The van der Waals surface area contributed by atoms with Crippen molar-refractivity contribution in [1.29, 1.82) is 0 Å². The third-order valence-electron chi connectivity index (χ3n) is 2.48. The molecular formula is C11H18N2O8. The van der Waals surface area contributed by atoms with E-state index in [1.165, 1.54) is 0 Å². The van der Waals surface area contributed by atoms with Gasteiger partial charge in [0.1, 0.15) is 6.04 Å². The van der Waals surface area contributed by atoms with Crippen molar-refractivity contribution in [2.24, 2.45) is 0 Å². The number of hydrogen-bond donors (Lipinski definition) is 5. The van der Waals surface area contributed by atoms with Crippen LogP contribution >= 0.6 is 0 Å². The number of rotatable bonds is 12. The van der Waals surface area contributed by atoms with Crippen molar-refractivity contribution in [3.05, 3.63) is 0 Å². The first-order valence-corrected chi connectivity index (χ1v) is 6.06. The molecule has 0 saturated carbocycles. The van der Waals surface area contributed by atoms with Gasteiger partial charge in [-0.3, -0.25) is 24.1 Å². The van der Waals surface area contributed by atoms with Crippen molar-refractivity contribution in [3.8, 4) is 0 Å². The Balaban J connectivity index is 4.29. The quantitative estimate of drug-likeness (QED) is 0.282. The zero-order valence-corrected chi connectivity index (χ0v) is 11.2. The fraction of sp³-hybridized carbons (Fsp3) is 0.636. The minimum absolute atomic E-state index is 0.00938. The Kier molecular flexibility index (Phi) is 8.65. The second-order valence-electron chi connectivity index (χ2n) is 4.28. The zero-order valence-electron chi connectivity index (χ0n) is 11.2. The first kappa shape index (κ1) is 18.8. The molecule has 0 amide bonds. The molecule has 0 aliphatic heterocycles. The van der Waals surface area contributed by atoms with Gasteiger partial charge in [-0.1, -0.05) is 0 Å². The molecule has 1 atom stereocenters. The Labute approximate surface area is 120 Å². The van der Waals surface area contributed by atoms with Gasteiger partial charge in [0.05, 0.1) is 13.1 Å². The molecular weight excluding hydrogens is 288 g/mol. The SMILES string of the molecule is O=C(O)CC[C@H](NCCN(CC(=O)O)CC(=O)O)C(=O)O. The minimum atomic E-state index is -1.22. The molecule has 10 nitrogen and oxygen atoms in total. The van der Waals surface area contributed by atoms with Gasteiger partial charge in [0.25, 0.3) is 0 Å². The van der Waals surface area contributed by atoms with Crippen LogP contribution in [0.1, 0.15) is 12.8 Å². The molecule has 0 aromatic carbocycles. The van der Waals surface area contributed by atoms with E-state index in [1.54, 1.807) is 0 Å². The van der Waals surface area contributed by atoms with Crippen LogP contribution in [0.3, 0.4) is 0 Å². The van der Waals surface area contributed by atoms with E-state index in [9.17, 15) is 19.2 Å². The maximum atomic E-state index is 10.9. The minimum Gasteiger partial charge on any atom is -0.481 e. The smallest absolute Gasteiger partial charge is 0.320 e. The average molecular weight is 306 g/mol. The number of hydrogen-bond acceptors (Lipinski definition) is 6. The van der Waals surface area contributed by atoms with Gasteiger partial charge in [0, 0.05) is 19.5 Å². The molecule has 21 heavy (non-hydrogen) atoms. The highest BCUT2D eigenvalue weighted by molar-refractivity contribution is 5.75. The van der Waals surface area contributed by atoms with Crippen LogP contribution in [-0.4, -0.2) is 81.4 Å². The van der Waals surface area contributed by atoms with Gasteiger partial charge in [-0.05, 0) is 6.42 Å². The first-order valence-electron chi connectivity index (χ1n) is 6.06. The second kappa shape index (κ2) is 9.66. The lowest BCUT2D eigenvalue weighted by molar-refractivity contribution is -0.143. The molecule has 0 aromatic rings. The standard InChI is InChI=1S/C11H18N2O8/c14-8(15)2-1-7(11(20)21)12-3-4-13(5-9(16)17)6-10(18)19/h7,12H,1-6H2,(H,14,15)(H,16,17)(H,18,19)(H,20,21)/t7-/m0/s1. The Morgan fingerprint density at radius 2 is 1.43 bits per heavy atom. The van der Waals surface area contributed by atoms with Crippen molar-refractivity contribution >= 4 is 23.9 Å². The van der Waals surface area contributed by atoms with E-state index in [1.807, 2.05) is 0 Å². The van der Waals surface area contributed by atoms with Crippen LogP contribution in [0.15, 0.2) is 0 Å². The number of carbonyl (C=O) groups is 4. The fourth-order valence-corrected chi connectivity index (χ4v) is 1.57. The Morgan fingerprint density at radius 1 is 0.905 bits per heavy atom. The molecule has 0 aliphatic carbocycles. The lowest BCUT2D eigenvalue weighted by Crippen LogP contribution is -2.44. The number of aliphatic carboxylic acids is 4. The summed E-state index contributed by atoms with van der Waals surface area (Å²) in [6.45, 7) is -0.936. The van der Waals surface area contributed by atoms with Gasteiger partial charge >= 0.3 is 23.9 Å². The average Bonchev–Trinajstić information content (AvgIpc) is 2.30. The van der Waals surface area contributed by atoms with E-state index >= 15 is 0 Å². The van der Waals surface area contributed by atoms with Crippen LogP contribution < -0.4 is 5.32 Å². The Morgan fingerprint density at radius 3 is 1.81 bits per heavy atom. The number of nitrogens with one attached hydrogen (secondary N) is 1. The summed E-state index contributed by atoms with van der Waals surface area (Å²) in [5.74, 6) is -4.74. The summed E-state index contributed by atoms with van der Waals surface area (Å²) in [5.41, 5.74) is 0. The Bertz CT molecular complexity index is 382.